The molecular weight excluding hydrogens is 232 g/mol. The van der Waals surface area contributed by atoms with Gasteiger partial charge in [-0.15, -0.1) is 0 Å². The summed E-state index contributed by atoms with van der Waals surface area (Å²) in [6.07, 6.45) is 1.64. The average Bonchev–Trinajstić information content (AvgIpc) is 2.36. The van der Waals surface area contributed by atoms with Crippen molar-refractivity contribution in [2.75, 3.05) is 7.11 Å². The molecule has 0 spiro atoms. The standard InChI is InChI=1S/C14H18O4/c1-10(2)18-13-6-4-11(8-12(13)9-15)5-7-14(16)17-3/h4,6,8-10H,5,7H2,1-3H3. The molecule has 0 amide bonds. The number of carbonyl (C=O) groups excluding carboxylic acids is 2. The Balaban J connectivity index is 2.78. The third-order valence-electron chi connectivity index (χ3n) is 2.41. The van der Waals surface area contributed by atoms with Crippen LogP contribution in [-0.4, -0.2) is 25.5 Å². The van der Waals surface area contributed by atoms with Crippen LogP contribution in [0.15, 0.2) is 18.2 Å². The van der Waals surface area contributed by atoms with Gasteiger partial charge in [-0.3, -0.25) is 9.59 Å². The highest BCUT2D eigenvalue weighted by atomic mass is 16.5. The van der Waals surface area contributed by atoms with Crippen molar-refractivity contribution in [1.82, 2.24) is 0 Å². The number of esters is 1. The Kier molecular flexibility index (Phi) is 5.36. The molecule has 0 fully saturated rings. The van der Waals surface area contributed by atoms with Crippen molar-refractivity contribution in [3.8, 4) is 5.75 Å². The number of methoxy groups -OCH3 is 1. The first kappa shape index (κ1) is 14.2. The summed E-state index contributed by atoms with van der Waals surface area (Å²) < 4.78 is 10.1. The van der Waals surface area contributed by atoms with Crippen molar-refractivity contribution in [2.24, 2.45) is 0 Å². The number of hydrogen-bond acceptors (Lipinski definition) is 4. The van der Waals surface area contributed by atoms with Crippen LogP contribution in [0.25, 0.3) is 0 Å². The van der Waals surface area contributed by atoms with Crippen LogP contribution in [0, 0.1) is 0 Å². The Morgan fingerprint density at radius 3 is 2.67 bits per heavy atom. The fourth-order valence-corrected chi connectivity index (χ4v) is 1.56. The van der Waals surface area contributed by atoms with E-state index >= 15 is 0 Å². The van der Waals surface area contributed by atoms with Gasteiger partial charge in [0, 0.05) is 6.42 Å². The molecule has 98 valence electrons. The first-order valence-electron chi connectivity index (χ1n) is 5.88. The summed E-state index contributed by atoms with van der Waals surface area (Å²) in [6, 6.07) is 5.36. The maximum absolute atomic E-state index is 11.0. The van der Waals surface area contributed by atoms with Crippen LogP contribution >= 0.6 is 0 Å². The Labute approximate surface area is 107 Å². The SMILES string of the molecule is COC(=O)CCc1ccc(OC(C)C)c(C=O)c1. The Morgan fingerprint density at radius 1 is 1.39 bits per heavy atom. The second-order valence-electron chi connectivity index (χ2n) is 4.23. The number of ether oxygens (including phenoxy) is 2. The van der Waals surface area contributed by atoms with Gasteiger partial charge in [0.15, 0.2) is 6.29 Å². The molecule has 0 aliphatic heterocycles. The van der Waals surface area contributed by atoms with Gasteiger partial charge in [0.05, 0.1) is 18.8 Å². The van der Waals surface area contributed by atoms with E-state index in [-0.39, 0.29) is 12.1 Å². The predicted molar refractivity (Wildman–Crippen MR) is 67.9 cm³/mol. The smallest absolute Gasteiger partial charge is 0.305 e. The van der Waals surface area contributed by atoms with Crippen LogP contribution in [0.1, 0.15) is 36.2 Å². The maximum atomic E-state index is 11.0. The molecule has 4 nitrogen and oxygen atoms in total. The van der Waals surface area contributed by atoms with Crippen molar-refractivity contribution in [1.29, 1.82) is 0 Å². The van der Waals surface area contributed by atoms with E-state index in [2.05, 4.69) is 4.74 Å². The summed E-state index contributed by atoms with van der Waals surface area (Å²) >= 11 is 0. The molecule has 0 saturated heterocycles. The molecular formula is C14H18O4. The van der Waals surface area contributed by atoms with E-state index < -0.39 is 0 Å². The van der Waals surface area contributed by atoms with Crippen LogP contribution < -0.4 is 4.74 Å². The molecule has 18 heavy (non-hydrogen) atoms. The van der Waals surface area contributed by atoms with Gasteiger partial charge >= 0.3 is 5.97 Å². The molecule has 1 aromatic rings. The van der Waals surface area contributed by atoms with Crippen molar-refractivity contribution in [3.63, 3.8) is 0 Å². The van der Waals surface area contributed by atoms with Crippen LogP contribution in [0.4, 0.5) is 0 Å². The van der Waals surface area contributed by atoms with E-state index in [0.29, 0.717) is 24.2 Å². The van der Waals surface area contributed by atoms with Crippen LogP contribution in [-0.2, 0) is 16.0 Å². The van der Waals surface area contributed by atoms with E-state index in [0.717, 1.165) is 11.8 Å². The zero-order valence-corrected chi connectivity index (χ0v) is 10.9. The van der Waals surface area contributed by atoms with Gasteiger partial charge < -0.3 is 9.47 Å². The summed E-state index contributed by atoms with van der Waals surface area (Å²) in [5, 5.41) is 0. The average molecular weight is 250 g/mol. The molecule has 0 atom stereocenters. The lowest BCUT2D eigenvalue weighted by Crippen LogP contribution is -2.08. The number of aryl methyl sites for hydroxylation is 1. The highest BCUT2D eigenvalue weighted by Crippen LogP contribution is 2.20. The first-order valence-corrected chi connectivity index (χ1v) is 5.88. The monoisotopic (exact) mass is 250 g/mol. The van der Waals surface area contributed by atoms with E-state index in [1.54, 1.807) is 12.1 Å². The van der Waals surface area contributed by atoms with Gasteiger partial charge in [0.25, 0.3) is 0 Å². The van der Waals surface area contributed by atoms with Crippen LogP contribution in [0.3, 0.4) is 0 Å². The quantitative estimate of drug-likeness (QED) is 0.574. The molecule has 0 aliphatic carbocycles. The maximum Gasteiger partial charge on any atom is 0.305 e. The molecule has 0 aliphatic rings. The highest BCUT2D eigenvalue weighted by molar-refractivity contribution is 5.79. The normalized spacial score (nSPS) is 10.2. The predicted octanol–water partition coefficient (Wildman–Crippen LogP) is 2.39. The molecule has 4 heteroatoms. The van der Waals surface area contributed by atoms with Gasteiger partial charge in [-0.2, -0.15) is 0 Å². The van der Waals surface area contributed by atoms with Crippen molar-refractivity contribution < 1.29 is 19.1 Å². The molecule has 1 rings (SSSR count). The zero-order valence-electron chi connectivity index (χ0n) is 10.9. The molecule has 0 aromatic heterocycles. The van der Waals surface area contributed by atoms with Gasteiger partial charge in [-0.1, -0.05) is 6.07 Å². The van der Waals surface area contributed by atoms with Crippen molar-refractivity contribution >= 4 is 12.3 Å². The summed E-state index contributed by atoms with van der Waals surface area (Å²) in [5.41, 5.74) is 1.42. The molecule has 1 aromatic carbocycles. The topological polar surface area (TPSA) is 52.6 Å². The number of hydrogen-bond donors (Lipinski definition) is 0. The van der Waals surface area contributed by atoms with E-state index in [9.17, 15) is 9.59 Å². The zero-order chi connectivity index (χ0) is 13.5. The Hall–Kier alpha value is -1.84. The summed E-state index contributed by atoms with van der Waals surface area (Å²) in [5.74, 6) is 0.312. The van der Waals surface area contributed by atoms with E-state index in [4.69, 9.17) is 4.74 Å². The number of rotatable bonds is 6. The molecule has 0 unspecified atom stereocenters. The minimum atomic E-state index is -0.259. The number of benzene rings is 1. The van der Waals surface area contributed by atoms with Gasteiger partial charge in [-0.25, -0.2) is 0 Å². The lowest BCUT2D eigenvalue weighted by molar-refractivity contribution is -0.140. The first-order chi connectivity index (χ1) is 8.56. The summed E-state index contributed by atoms with van der Waals surface area (Å²) in [4.78, 5) is 22.0. The van der Waals surface area contributed by atoms with Gasteiger partial charge in [0.1, 0.15) is 5.75 Å². The summed E-state index contributed by atoms with van der Waals surface area (Å²) in [6.45, 7) is 3.81. The summed E-state index contributed by atoms with van der Waals surface area (Å²) in [7, 11) is 1.36. The molecule has 0 saturated carbocycles. The largest absolute Gasteiger partial charge is 0.490 e. The van der Waals surface area contributed by atoms with Crippen molar-refractivity contribution in [3.05, 3.63) is 29.3 Å². The number of carbonyl (C=O) groups is 2. The van der Waals surface area contributed by atoms with Crippen molar-refractivity contribution in [2.45, 2.75) is 32.8 Å². The van der Waals surface area contributed by atoms with Crippen LogP contribution in [0.5, 0.6) is 5.75 Å². The fourth-order valence-electron chi connectivity index (χ4n) is 1.56. The van der Waals surface area contributed by atoms with E-state index in [1.165, 1.54) is 7.11 Å². The second-order valence-corrected chi connectivity index (χ2v) is 4.23. The Bertz CT molecular complexity index is 424. The van der Waals surface area contributed by atoms with Gasteiger partial charge in [0.2, 0.25) is 0 Å². The van der Waals surface area contributed by atoms with Crippen LogP contribution in [0.2, 0.25) is 0 Å². The lowest BCUT2D eigenvalue weighted by atomic mass is 10.1. The number of aldehydes is 1. The fraction of sp³-hybridized carbons (Fsp3) is 0.429. The molecule has 0 N–H and O–H groups in total. The second kappa shape index (κ2) is 6.79. The molecule has 0 bridgehead atoms. The molecule has 0 heterocycles. The van der Waals surface area contributed by atoms with Gasteiger partial charge in [-0.05, 0) is 38.0 Å². The molecule has 0 radical (unpaired) electrons. The minimum absolute atomic E-state index is 0.0182. The minimum Gasteiger partial charge on any atom is -0.490 e. The highest BCUT2D eigenvalue weighted by Gasteiger charge is 2.08. The lowest BCUT2D eigenvalue weighted by Gasteiger charge is -2.12. The third kappa shape index (κ3) is 4.20. The Morgan fingerprint density at radius 2 is 2.11 bits per heavy atom. The van der Waals surface area contributed by atoms with E-state index in [1.807, 2.05) is 19.9 Å². The third-order valence-corrected chi connectivity index (χ3v) is 2.41.